The molecule has 0 unspecified atom stereocenters. The first kappa shape index (κ1) is 15.0. The fraction of sp³-hybridized carbons (Fsp3) is 0.846. The third-order valence-electron chi connectivity index (χ3n) is 3.90. The summed E-state index contributed by atoms with van der Waals surface area (Å²) >= 11 is 0. The van der Waals surface area contributed by atoms with Crippen LogP contribution >= 0.6 is 0 Å². The first-order valence-corrected chi connectivity index (χ1v) is 6.59. The Labute approximate surface area is 108 Å². The van der Waals surface area contributed by atoms with Gasteiger partial charge in [0.2, 0.25) is 11.8 Å². The number of carbonyl (C=O) groups is 2. The summed E-state index contributed by atoms with van der Waals surface area (Å²) < 4.78 is 0. The Bertz CT molecular complexity index is 308. The van der Waals surface area contributed by atoms with Crippen molar-refractivity contribution >= 4 is 11.8 Å². The first-order valence-electron chi connectivity index (χ1n) is 6.59. The summed E-state index contributed by atoms with van der Waals surface area (Å²) in [6, 6.07) is 0. The third kappa shape index (κ3) is 3.22. The molecule has 0 saturated heterocycles. The summed E-state index contributed by atoms with van der Waals surface area (Å²) in [7, 11) is 0. The molecule has 104 valence electrons. The summed E-state index contributed by atoms with van der Waals surface area (Å²) in [5.74, 6) is -2.73. The fourth-order valence-corrected chi connectivity index (χ4v) is 3.07. The van der Waals surface area contributed by atoms with Crippen molar-refractivity contribution in [2.75, 3.05) is 0 Å². The van der Waals surface area contributed by atoms with Crippen LogP contribution in [0.5, 0.6) is 0 Å². The average Bonchev–Trinajstić information content (AvgIpc) is 2.63. The summed E-state index contributed by atoms with van der Waals surface area (Å²) in [6.45, 7) is 3.98. The summed E-state index contributed by atoms with van der Waals surface area (Å²) in [4.78, 5) is 22.9. The van der Waals surface area contributed by atoms with Crippen LogP contribution in [0.2, 0.25) is 0 Å². The molecular weight excluding hydrogens is 232 g/mol. The van der Waals surface area contributed by atoms with Gasteiger partial charge in [0.25, 0.3) is 0 Å². The van der Waals surface area contributed by atoms with Crippen molar-refractivity contribution in [2.24, 2.45) is 29.2 Å². The number of carbonyl (C=O) groups excluding carboxylic acids is 2. The van der Waals surface area contributed by atoms with E-state index in [0.29, 0.717) is 19.3 Å². The van der Waals surface area contributed by atoms with Gasteiger partial charge < -0.3 is 16.6 Å². The van der Waals surface area contributed by atoms with E-state index in [0.717, 1.165) is 12.8 Å². The standard InChI is InChI=1S/C13H24N2O3/c1-8(2)7-9(10(11(14)16)12(15)17)13(18)5-3-4-6-13/h8-10,18H,3-7H2,1-2H3,(H2,14,16)(H2,15,17)/t9-/m1/s1. The van der Waals surface area contributed by atoms with Gasteiger partial charge in [-0.25, -0.2) is 0 Å². The SMILES string of the molecule is CC(C)C[C@H](C(C(N)=O)C(N)=O)C1(O)CCCC1. The predicted molar refractivity (Wildman–Crippen MR) is 68.2 cm³/mol. The molecule has 0 aliphatic heterocycles. The van der Waals surface area contributed by atoms with E-state index < -0.39 is 29.3 Å². The van der Waals surface area contributed by atoms with Gasteiger partial charge in [-0.15, -0.1) is 0 Å². The van der Waals surface area contributed by atoms with E-state index in [1.54, 1.807) is 0 Å². The Morgan fingerprint density at radius 3 is 1.94 bits per heavy atom. The van der Waals surface area contributed by atoms with E-state index in [1.807, 2.05) is 13.8 Å². The van der Waals surface area contributed by atoms with Crippen LogP contribution in [0.3, 0.4) is 0 Å². The van der Waals surface area contributed by atoms with Gasteiger partial charge in [-0.05, 0) is 25.2 Å². The largest absolute Gasteiger partial charge is 0.390 e. The zero-order valence-electron chi connectivity index (χ0n) is 11.2. The Hall–Kier alpha value is -1.10. The molecule has 1 atom stereocenters. The molecule has 5 heteroatoms. The summed E-state index contributed by atoms with van der Waals surface area (Å²) in [5.41, 5.74) is 9.61. The molecule has 0 bridgehead atoms. The van der Waals surface area contributed by atoms with E-state index >= 15 is 0 Å². The van der Waals surface area contributed by atoms with Crippen LogP contribution in [0.1, 0.15) is 46.0 Å². The van der Waals surface area contributed by atoms with Gasteiger partial charge in [0.15, 0.2) is 0 Å². The molecule has 0 aromatic carbocycles. The second-order valence-electron chi connectivity index (χ2n) is 5.83. The molecule has 1 aliphatic rings. The van der Waals surface area contributed by atoms with Crippen molar-refractivity contribution < 1.29 is 14.7 Å². The van der Waals surface area contributed by atoms with Crippen LogP contribution in [0.4, 0.5) is 0 Å². The fourth-order valence-electron chi connectivity index (χ4n) is 3.07. The van der Waals surface area contributed by atoms with Gasteiger partial charge >= 0.3 is 0 Å². The molecule has 1 rings (SSSR count). The third-order valence-corrected chi connectivity index (χ3v) is 3.90. The van der Waals surface area contributed by atoms with Crippen molar-refractivity contribution in [3.05, 3.63) is 0 Å². The number of hydrogen-bond donors (Lipinski definition) is 3. The van der Waals surface area contributed by atoms with Crippen LogP contribution in [-0.4, -0.2) is 22.5 Å². The van der Waals surface area contributed by atoms with E-state index in [9.17, 15) is 14.7 Å². The van der Waals surface area contributed by atoms with Gasteiger partial charge in [0.1, 0.15) is 5.92 Å². The molecule has 0 spiro atoms. The van der Waals surface area contributed by atoms with Crippen LogP contribution in [-0.2, 0) is 9.59 Å². The van der Waals surface area contributed by atoms with Crippen molar-refractivity contribution in [1.82, 2.24) is 0 Å². The molecule has 0 heterocycles. The Kier molecular flexibility index (Phi) is 4.73. The Morgan fingerprint density at radius 2 is 1.61 bits per heavy atom. The predicted octanol–water partition coefficient (Wildman–Crippen LogP) is 0.541. The maximum atomic E-state index is 11.5. The molecule has 1 saturated carbocycles. The van der Waals surface area contributed by atoms with Crippen molar-refractivity contribution in [2.45, 2.75) is 51.6 Å². The van der Waals surface area contributed by atoms with Gasteiger partial charge in [0.05, 0.1) is 5.60 Å². The van der Waals surface area contributed by atoms with Crippen LogP contribution in [0.15, 0.2) is 0 Å². The topological polar surface area (TPSA) is 106 Å². The number of nitrogens with two attached hydrogens (primary N) is 2. The van der Waals surface area contributed by atoms with Gasteiger partial charge in [-0.2, -0.15) is 0 Å². The highest BCUT2D eigenvalue weighted by Crippen LogP contribution is 2.42. The molecule has 0 radical (unpaired) electrons. The normalized spacial score (nSPS) is 20.3. The van der Waals surface area contributed by atoms with Gasteiger partial charge in [-0.1, -0.05) is 26.7 Å². The Morgan fingerprint density at radius 1 is 1.17 bits per heavy atom. The smallest absolute Gasteiger partial charge is 0.230 e. The molecule has 5 nitrogen and oxygen atoms in total. The van der Waals surface area contributed by atoms with Crippen molar-refractivity contribution in [3.63, 3.8) is 0 Å². The van der Waals surface area contributed by atoms with E-state index in [2.05, 4.69) is 0 Å². The minimum Gasteiger partial charge on any atom is -0.390 e. The maximum absolute atomic E-state index is 11.5. The summed E-state index contributed by atoms with van der Waals surface area (Å²) in [6.07, 6.45) is 3.63. The minimum absolute atomic E-state index is 0.265. The van der Waals surface area contributed by atoms with Crippen molar-refractivity contribution in [1.29, 1.82) is 0 Å². The molecule has 1 aliphatic carbocycles. The molecule has 1 fully saturated rings. The van der Waals surface area contributed by atoms with Gasteiger partial charge in [0, 0.05) is 5.92 Å². The number of rotatable bonds is 6. The van der Waals surface area contributed by atoms with E-state index in [4.69, 9.17) is 11.5 Å². The zero-order chi connectivity index (χ0) is 13.9. The second-order valence-corrected chi connectivity index (χ2v) is 5.83. The van der Waals surface area contributed by atoms with Crippen LogP contribution < -0.4 is 11.5 Å². The lowest BCUT2D eigenvalue weighted by Gasteiger charge is -2.36. The molecule has 0 aromatic heterocycles. The molecule has 2 amide bonds. The highest BCUT2D eigenvalue weighted by molar-refractivity contribution is 5.99. The lowest BCUT2D eigenvalue weighted by Crippen LogP contribution is -2.50. The second kappa shape index (κ2) is 5.69. The van der Waals surface area contributed by atoms with Crippen molar-refractivity contribution in [3.8, 4) is 0 Å². The number of hydrogen-bond acceptors (Lipinski definition) is 3. The van der Waals surface area contributed by atoms with E-state index in [-0.39, 0.29) is 5.92 Å². The monoisotopic (exact) mass is 256 g/mol. The first-order chi connectivity index (χ1) is 8.28. The quantitative estimate of drug-likeness (QED) is 0.604. The maximum Gasteiger partial charge on any atom is 0.230 e. The van der Waals surface area contributed by atoms with Crippen LogP contribution in [0, 0.1) is 17.8 Å². The zero-order valence-corrected chi connectivity index (χ0v) is 11.2. The summed E-state index contributed by atoms with van der Waals surface area (Å²) in [5, 5.41) is 10.7. The number of primary amides is 2. The lowest BCUT2D eigenvalue weighted by molar-refractivity contribution is -0.141. The molecular formula is C13H24N2O3. The molecule has 0 aromatic rings. The highest BCUT2D eigenvalue weighted by Gasteiger charge is 2.47. The molecule has 5 N–H and O–H groups in total. The Balaban J connectivity index is 3.02. The molecule has 18 heavy (non-hydrogen) atoms. The van der Waals surface area contributed by atoms with Gasteiger partial charge in [-0.3, -0.25) is 9.59 Å². The average molecular weight is 256 g/mol. The highest BCUT2D eigenvalue weighted by atomic mass is 16.3. The minimum atomic E-state index is -1.07. The lowest BCUT2D eigenvalue weighted by atomic mass is 9.72. The number of amides is 2. The number of aliphatic hydroxyl groups is 1. The van der Waals surface area contributed by atoms with E-state index in [1.165, 1.54) is 0 Å². The van der Waals surface area contributed by atoms with Crippen LogP contribution in [0.25, 0.3) is 0 Å².